The van der Waals surface area contributed by atoms with E-state index in [1.807, 2.05) is 13.8 Å². The average molecular weight is 187 g/mol. The zero-order valence-electron chi connectivity index (χ0n) is 8.64. The van der Waals surface area contributed by atoms with Gasteiger partial charge in [0, 0.05) is 20.0 Å². The predicted molar refractivity (Wildman–Crippen MR) is 50.2 cm³/mol. The van der Waals surface area contributed by atoms with Gasteiger partial charge in [-0.3, -0.25) is 4.79 Å². The number of piperidine rings is 1. The van der Waals surface area contributed by atoms with Crippen molar-refractivity contribution < 1.29 is 9.18 Å². The molecule has 0 saturated carbocycles. The first kappa shape index (κ1) is 10.5. The standard InChI is InChI=1S/C10H18FNO/c1-8(2)10(11)4-6-12(7-5-10)9(3)13/h8H,4-7H2,1-3H3. The molecular weight excluding hydrogens is 169 g/mol. The molecule has 0 N–H and O–H groups in total. The minimum absolute atomic E-state index is 0.0570. The summed E-state index contributed by atoms with van der Waals surface area (Å²) < 4.78 is 14.0. The molecule has 1 fully saturated rings. The number of rotatable bonds is 1. The first-order valence-electron chi connectivity index (χ1n) is 4.90. The number of likely N-dealkylation sites (tertiary alicyclic amines) is 1. The van der Waals surface area contributed by atoms with Crippen LogP contribution in [0.4, 0.5) is 4.39 Å². The Morgan fingerprint density at radius 2 is 1.85 bits per heavy atom. The molecule has 0 unspecified atom stereocenters. The van der Waals surface area contributed by atoms with Gasteiger partial charge in [-0.1, -0.05) is 13.8 Å². The normalized spacial score (nSPS) is 22.1. The van der Waals surface area contributed by atoms with E-state index in [0.29, 0.717) is 25.9 Å². The third kappa shape index (κ3) is 2.20. The number of hydrogen-bond donors (Lipinski definition) is 0. The first-order chi connectivity index (χ1) is 5.96. The molecule has 0 spiro atoms. The van der Waals surface area contributed by atoms with Crippen LogP contribution in [0, 0.1) is 5.92 Å². The summed E-state index contributed by atoms with van der Waals surface area (Å²) >= 11 is 0. The van der Waals surface area contributed by atoms with E-state index in [4.69, 9.17) is 0 Å². The molecule has 0 atom stereocenters. The maximum Gasteiger partial charge on any atom is 0.219 e. The molecule has 0 radical (unpaired) electrons. The van der Waals surface area contributed by atoms with Crippen molar-refractivity contribution in [3.63, 3.8) is 0 Å². The van der Waals surface area contributed by atoms with Gasteiger partial charge in [0.1, 0.15) is 5.67 Å². The van der Waals surface area contributed by atoms with Crippen LogP contribution < -0.4 is 0 Å². The molecular formula is C10H18FNO. The van der Waals surface area contributed by atoms with E-state index in [-0.39, 0.29) is 11.8 Å². The Labute approximate surface area is 79.1 Å². The third-order valence-corrected chi connectivity index (χ3v) is 3.07. The van der Waals surface area contributed by atoms with Crippen molar-refractivity contribution in [1.29, 1.82) is 0 Å². The van der Waals surface area contributed by atoms with Gasteiger partial charge in [-0.25, -0.2) is 4.39 Å². The number of amides is 1. The molecule has 2 nitrogen and oxygen atoms in total. The van der Waals surface area contributed by atoms with Gasteiger partial charge < -0.3 is 4.90 Å². The lowest BCUT2D eigenvalue weighted by Crippen LogP contribution is -2.46. The summed E-state index contributed by atoms with van der Waals surface area (Å²) in [5, 5.41) is 0. The Hall–Kier alpha value is -0.600. The highest BCUT2D eigenvalue weighted by Crippen LogP contribution is 2.33. The van der Waals surface area contributed by atoms with Crippen molar-refractivity contribution in [2.24, 2.45) is 5.92 Å². The van der Waals surface area contributed by atoms with Crippen LogP contribution in [0.1, 0.15) is 33.6 Å². The maximum absolute atomic E-state index is 14.0. The quantitative estimate of drug-likeness (QED) is 0.614. The lowest BCUT2D eigenvalue weighted by Gasteiger charge is -2.38. The minimum atomic E-state index is -1.05. The van der Waals surface area contributed by atoms with Crippen LogP contribution in [-0.4, -0.2) is 29.6 Å². The molecule has 1 heterocycles. The molecule has 0 aromatic carbocycles. The van der Waals surface area contributed by atoms with Gasteiger partial charge in [-0.05, 0) is 18.8 Å². The Kier molecular flexibility index (Phi) is 2.94. The lowest BCUT2D eigenvalue weighted by molar-refractivity contribution is -0.132. The molecule has 1 amide bonds. The zero-order chi connectivity index (χ0) is 10.1. The molecule has 0 aromatic heterocycles. The maximum atomic E-state index is 14.0. The number of carbonyl (C=O) groups excluding carboxylic acids is 1. The molecule has 1 aliphatic rings. The van der Waals surface area contributed by atoms with Gasteiger partial charge >= 0.3 is 0 Å². The number of halogens is 1. The minimum Gasteiger partial charge on any atom is -0.343 e. The van der Waals surface area contributed by atoms with Crippen molar-refractivity contribution >= 4 is 5.91 Å². The highest BCUT2D eigenvalue weighted by Gasteiger charge is 2.37. The lowest BCUT2D eigenvalue weighted by atomic mass is 9.83. The Balaban J connectivity index is 2.51. The summed E-state index contributed by atoms with van der Waals surface area (Å²) in [6.07, 6.45) is 0.981. The molecule has 0 aliphatic carbocycles. The number of hydrogen-bond acceptors (Lipinski definition) is 1. The third-order valence-electron chi connectivity index (χ3n) is 3.07. The van der Waals surface area contributed by atoms with Gasteiger partial charge in [-0.2, -0.15) is 0 Å². The fourth-order valence-corrected chi connectivity index (χ4v) is 1.77. The summed E-state index contributed by atoms with van der Waals surface area (Å²) in [4.78, 5) is 12.7. The van der Waals surface area contributed by atoms with Crippen LogP contribution in [0.25, 0.3) is 0 Å². The van der Waals surface area contributed by atoms with Gasteiger partial charge in [0.05, 0.1) is 0 Å². The molecule has 3 heteroatoms. The average Bonchev–Trinajstić information content (AvgIpc) is 2.04. The number of alkyl halides is 1. The molecule has 1 saturated heterocycles. The van der Waals surface area contributed by atoms with Crippen molar-refractivity contribution in [3.05, 3.63) is 0 Å². The van der Waals surface area contributed by atoms with E-state index in [9.17, 15) is 9.18 Å². The van der Waals surface area contributed by atoms with E-state index in [2.05, 4.69) is 0 Å². The summed E-state index contributed by atoms with van der Waals surface area (Å²) in [5.74, 6) is 0.118. The van der Waals surface area contributed by atoms with E-state index in [1.165, 1.54) is 0 Å². The largest absolute Gasteiger partial charge is 0.343 e. The second-order valence-corrected chi connectivity index (χ2v) is 4.20. The Morgan fingerprint density at radius 3 is 2.15 bits per heavy atom. The van der Waals surface area contributed by atoms with E-state index in [0.717, 1.165) is 0 Å². The first-order valence-corrected chi connectivity index (χ1v) is 4.90. The van der Waals surface area contributed by atoms with E-state index >= 15 is 0 Å². The topological polar surface area (TPSA) is 20.3 Å². The van der Waals surface area contributed by atoms with Gasteiger partial charge in [0.2, 0.25) is 5.91 Å². The second kappa shape index (κ2) is 3.64. The predicted octanol–water partition coefficient (Wildman–Crippen LogP) is 1.99. The van der Waals surface area contributed by atoms with Crippen LogP contribution >= 0.6 is 0 Å². The molecule has 0 aromatic rings. The van der Waals surface area contributed by atoms with Gasteiger partial charge in [-0.15, -0.1) is 0 Å². The van der Waals surface area contributed by atoms with Crippen molar-refractivity contribution in [1.82, 2.24) is 4.90 Å². The summed E-state index contributed by atoms with van der Waals surface area (Å²) in [6, 6.07) is 0. The van der Waals surface area contributed by atoms with E-state index < -0.39 is 5.67 Å². The van der Waals surface area contributed by atoms with Crippen molar-refractivity contribution in [2.75, 3.05) is 13.1 Å². The van der Waals surface area contributed by atoms with Crippen molar-refractivity contribution in [3.8, 4) is 0 Å². The number of nitrogens with zero attached hydrogens (tertiary/aromatic N) is 1. The second-order valence-electron chi connectivity index (χ2n) is 4.20. The zero-order valence-corrected chi connectivity index (χ0v) is 8.64. The highest BCUT2D eigenvalue weighted by molar-refractivity contribution is 5.73. The van der Waals surface area contributed by atoms with Crippen LogP contribution in [-0.2, 0) is 4.79 Å². The molecule has 1 aliphatic heterocycles. The van der Waals surface area contributed by atoms with Crippen molar-refractivity contribution in [2.45, 2.75) is 39.3 Å². The van der Waals surface area contributed by atoms with Gasteiger partial charge in [0.15, 0.2) is 0 Å². The Morgan fingerprint density at radius 1 is 1.38 bits per heavy atom. The summed E-state index contributed by atoms with van der Waals surface area (Å²) in [5.41, 5.74) is -1.05. The van der Waals surface area contributed by atoms with E-state index in [1.54, 1.807) is 11.8 Å². The summed E-state index contributed by atoms with van der Waals surface area (Å²) in [7, 11) is 0. The van der Waals surface area contributed by atoms with Crippen LogP contribution in [0.2, 0.25) is 0 Å². The summed E-state index contributed by atoms with van der Waals surface area (Å²) in [6.45, 7) is 6.50. The monoisotopic (exact) mass is 187 g/mol. The van der Waals surface area contributed by atoms with Crippen LogP contribution in [0.5, 0.6) is 0 Å². The fourth-order valence-electron chi connectivity index (χ4n) is 1.77. The number of carbonyl (C=O) groups is 1. The SMILES string of the molecule is CC(=O)N1CCC(F)(C(C)C)CC1. The van der Waals surface area contributed by atoms with Gasteiger partial charge in [0.25, 0.3) is 0 Å². The van der Waals surface area contributed by atoms with Crippen LogP contribution in [0.3, 0.4) is 0 Å². The smallest absolute Gasteiger partial charge is 0.219 e. The fraction of sp³-hybridized carbons (Fsp3) is 0.900. The Bertz CT molecular complexity index is 195. The highest BCUT2D eigenvalue weighted by atomic mass is 19.1. The van der Waals surface area contributed by atoms with Crippen LogP contribution in [0.15, 0.2) is 0 Å². The molecule has 13 heavy (non-hydrogen) atoms. The molecule has 0 bridgehead atoms. The molecule has 1 rings (SSSR count). The molecule has 76 valence electrons.